The van der Waals surface area contributed by atoms with E-state index in [2.05, 4.69) is 41.6 Å². The van der Waals surface area contributed by atoms with Gasteiger partial charge in [-0.15, -0.1) is 10.2 Å². The highest BCUT2D eigenvalue weighted by molar-refractivity contribution is 6.02. The van der Waals surface area contributed by atoms with Crippen molar-refractivity contribution in [3.8, 4) is 0 Å². The number of hydrogen-bond donors (Lipinski definition) is 2. The molecule has 1 aromatic carbocycles. The molecule has 0 aliphatic rings. The Morgan fingerprint density at radius 1 is 1.09 bits per heavy atom. The van der Waals surface area contributed by atoms with Gasteiger partial charge in [-0.05, 0) is 48.6 Å². The summed E-state index contributed by atoms with van der Waals surface area (Å²) in [5, 5.41) is 14.0. The second-order valence-electron chi connectivity index (χ2n) is 5.92. The number of rotatable bonds is 7. The van der Waals surface area contributed by atoms with E-state index in [4.69, 9.17) is 0 Å². The maximum atomic E-state index is 12.1. The summed E-state index contributed by atoms with van der Waals surface area (Å²) < 4.78 is 0. The maximum absolute atomic E-state index is 12.1. The van der Waals surface area contributed by atoms with E-state index in [1.165, 1.54) is 5.56 Å². The molecular weight excluding hydrogens is 288 g/mol. The van der Waals surface area contributed by atoms with Crippen molar-refractivity contribution in [3.05, 3.63) is 47.7 Å². The Balaban J connectivity index is 1.91. The van der Waals surface area contributed by atoms with E-state index in [1.807, 2.05) is 24.3 Å². The van der Waals surface area contributed by atoms with E-state index in [-0.39, 0.29) is 5.91 Å². The summed E-state index contributed by atoms with van der Waals surface area (Å²) in [5.41, 5.74) is 2.30. The number of nitrogens with one attached hydrogen (secondary N) is 2. The highest BCUT2D eigenvalue weighted by Gasteiger charge is 2.08. The molecule has 122 valence electrons. The van der Waals surface area contributed by atoms with Gasteiger partial charge in [-0.2, -0.15) is 0 Å². The molecule has 0 saturated carbocycles. The zero-order valence-corrected chi connectivity index (χ0v) is 14.0. The zero-order valence-electron chi connectivity index (χ0n) is 14.0. The van der Waals surface area contributed by atoms with Crippen molar-refractivity contribution in [1.82, 2.24) is 10.2 Å². The van der Waals surface area contributed by atoms with Crippen LogP contribution in [0.15, 0.2) is 36.4 Å². The van der Waals surface area contributed by atoms with Gasteiger partial charge in [0.05, 0.1) is 0 Å². The summed E-state index contributed by atoms with van der Waals surface area (Å²) in [7, 11) is 0. The van der Waals surface area contributed by atoms with Crippen LogP contribution in [0.3, 0.4) is 0 Å². The minimum absolute atomic E-state index is 0.254. The topological polar surface area (TPSA) is 66.9 Å². The Kier molecular flexibility index (Phi) is 6.09. The molecule has 0 spiro atoms. The summed E-state index contributed by atoms with van der Waals surface area (Å²) in [5.74, 6) is 1.07. The van der Waals surface area contributed by atoms with Gasteiger partial charge in [0.1, 0.15) is 5.82 Å². The van der Waals surface area contributed by atoms with Crippen LogP contribution in [0.4, 0.5) is 11.5 Å². The number of carbonyl (C=O) groups excluding carboxylic acids is 1. The minimum Gasteiger partial charge on any atom is -0.369 e. The molecule has 5 heteroatoms. The quantitative estimate of drug-likeness (QED) is 0.817. The van der Waals surface area contributed by atoms with Crippen molar-refractivity contribution < 1.29 is 4.79 Å². The van der Waals surface area contributed by atoms with Crippen LogP contribution in [-0.4, -0.2) is 22.6 Å². The number of hydrogen-bond acceptors (Lipinski definition) is 4. The van der Waals surface area contributed by atoms with Crippen LogP contribution in [-0.2, 0) is 6.42 Å². The molecule has 0 atom stereocenters. The molecular formula is C18H24N4O. The van der Waals surface area contributed by atoms with Crippen LogP contribution < -0.4 is 10.6 Å². The average molecular weight is 312 g/mol. The third-order valence-corrected chi connectivity index (χ3v) is 3.55. The first kappa shape index (κ1) is 16.9. The highest BCUT2D eigenvalue weighted by atomic mass is 16.1. The van der Waals surface area contributed by atoms with Crippen molar-refractivity contribution in [2.75, 3.05) is 17.2 Å². The van der Waals surface area contributed by atoms with Crippen LogP contribution >= 0.6 is 0 Å². The number of benzene rings is 1. The van der Waals surface area contributed by atoms with E-state index in [9.17, 15) is 4.79 Å². The molecule has 23 heavy (non-hydrogen) atoms. The second-order valence-corrected chi connectivity index (χ2v) is 5.92. The molecule has 2 N–H and O–H groups in total. The van der Waals surface area contributed by atoms with Crippen LogP contribution in [0, 0.1) is 5.92 Å². The van der Waals surface area contributed by atoms with Crippen molar-refractivity contribution in [1.29, 1.82) is 0 Å². The Bertz CT molecular complexity index is 620. The lowest BCUT2D eigenvalue weighted by atomic mass is 10.1. The lowest BCUT2D eigenvalue weighted by Crippen LogP contribution is -2.15. The molecule has 1 heterocycles. The van der Waals surface area contributed by atoms with Crippen LogP contribution in [0.2, 0.25) is 0 Å². The third-order valence-electron chi connectivity index (χ3n) is 3.55. The smallest absolute Gasteiger partial charge is 0.276 e. The molecule has 0 bridgehead atoms. The SMILES string of the molecule is CCc1ccc(NC(=O)c2ccc(NCCC(C)C)nn2)cc1. The normalized spacial score (nSPS) is 10.6. The van der Waals surface area contributed by atoms with E-state index < -0.39 is 0 Å². The molecule has 0 fully saturated rings. The fraction of sp³-hybridized carbons (Fsp3) is 0.389. The molecule has 0 unspecified atom stereocenters. The van der Waals surface area contributed by atoms with Gasteiger partial charge >= 0.3 is 0 Å². The monoisotopic (exact) mass is 312 g/mol. The summed E-state index contributed by atoms with van der Waals surface area (Å²) in [6, 6.07) is 11.3. The highest BCUT2D eigenvalue weighted by Crippen LogP contribution is 2.11. The summed E-state index contributed by atoms with van der Waals surface area (Å²) in [6.45, 7) is 7.29. The van der Waals surface area contributed by atoms with Crippen LogP contribution in [0.1, 0.15) is 43.2 Å². The van der Waals surface area contributed by atoms with Crippen molar-refractivity contribution >= 4 is 17.4 Å². The molecule has 0 aliphatic heterocycles. The molecule has 0 aliphatic carbocycles. The molecule has 0 saturated heterocycles. The number of nitrogens with zero attached hydrogens (tertiary/aromatic N) is 2. The van der Waals surface area contributed by atoms with Gasteiger partial charge in [0.15, 0.2) is 5.69 Å². The summed E-state index contributed by atoms with van der Waals surface area (Å²) >= 11 is 0. The van der Waals surface area contributed by atoms with Crippen LogP contribution in [0.5, 0.6) is 0 Å². The van der Waals surface area contributed by atoms with Crippen molar-refractivity contribution in [3.63, 3.8) is 0 Å². The third kappa shape index (κ3) is 5.36. The number of anilines is 2. The zero-order chi connectivity index (χ0) is 16.7. The first-order chi connectivity index (χ1) is 11.1. The number of carbonyl (C=O) groups is 1. The predicted octanol–water partition coefficient (Wildman–Crippen LogP) is 3.75. The fourth-order valence-electron chi connectivity index (χ4n) is 2.06. The van der Waals surface area contributed by atoms with Gasteiger partial charge in [-0.1, -0.05) is 32.9 Å². The van der Waals surface area contributed by atoms with Gasteiger partial charge < -0.3 is 10.6 Å². The Hall–Kier alpha value is -2.43. The Morgan fingerprint density at radius 2 is 1.83 bits per heavy atom. The standard InChI is InChI=1S/C18H24N4O/c1-4-14-5-7-15(8-6-14)20-18(23)16-9-10-17(22-21-16)19-12-11-13(2)3/h5-10,13H,4,11-12H2,1-3H3,(H,19,22)(H,20,23). The second kappa shape index (κ2) is 8.27. The first-order valence-electron chi connectivity index (χ1n) is 8.06. The van der Waals surface area contributed by atoms with Gasteiger partial charge in [0.25, 0.3) is 5.91 Å². The first-order valence-corrected chi connectivity index (χ1v) is 8.06. The maximum Gasteiger partial charge on any atom is 0.276 e. The summed E-state index contributed by atoms with van der Waals surface area (Å²) in [4.78, 5) is 12.1. The number of aryl methyl sites for hydroxylation is 1. The Labute approximate surface area is 137 Å². The largest absolute Gasteiger partial charge is 0.369 e. The van der Waals surface area contributed by atoms with Gasteiger partial charge in [0.2, 0.25) is 0 Å². The van der Waals surface area contributed by atoms with Crippen LogP contribution in [0.25, 0.3) is 0 Å². The average Bonchev–Trinajstić information content (AvgIpc) is 2.56. The van der Waals surface area contributed by atoms with Gasteiger partial charge in [0, 0.05) is 12.2 Å². The minimum atomic E-state index is -0.254. The lowest BCUT2D eigenvalue weighted by Gasteiger charge is -2.08. The molecule has 2 rings (SSSR count). The van der Waals surface area contributed by atoms with E-state index >= 15 is 0 Å². The lowest BCUT2D eigenvalue weighted by molar-refractivity contribution is 0.102. The molecule has 2 aromatic rings. The fourth-order valence-corrected chi connectivity index (χ4v) is 2.06. The van der Waals surface area contributed by atoms with E-state index in [0.717, 1.165) is 25.1 Å². The number of aromatic nitrogens is 2. The van der Waals surface area contributed by atoms with Gasteiger partial charge in [-0.3, -0.25) is 4.79 Å². The molecule has 5 nitrogen and oxygen atoms in total. The van der Waals surface area contributed by atoms with Crippen molar-refractivity contribution in [2.24, 2.45) is 5.92 Å². The van der Waals surface area contributed by atoms with E-state index in [1.54, 1.807) is 12.1 Å². The van der Waals surface area contributed by atoms with E-state index in [0.29, 0.717) is 17.4 Å². The Morgan fingerprint density at radius 3 is 2.39 bits per heavy atom. The molecule has 0 radical (unpaired) electrons. The van der Waals surface area contributed by atoms with Crippen molar-refractivity contribution in [2.45, 2.75) is 33.6 Å². The summed E-state index contributed by atoms with van der Waals surface area (Å²) in [6.07, 6.45) is 2.04. The van der Waals surface area contributed by atoms with Gasteiger partial charge in [-0.25, -0.2) is 0 Å². The number of amides is 1. The molecule has 1 aromatic heterocycles. The molecule has 1 amide bonds. The predicted molar refractivity (Wildman–Crippen MR) is 93.7 cm³/mol.